The van der Waals surface area contributed by atoms with Crippen molar-refractivity contribution in [2.45, 2.75) is 0 Å². The van der Waals surface area contributed by atoms with Crippen LogP contribution in [0.3, 0.4) is 0 Å². The molecule has 0 aliphatic carbocycles. The van der Waals surface area contributed by atoms with Crippen LogP contribution in [0.2, 0.25) is 20.1 Å². The first kappa shape index (κ1) is 13.6. The van der Waals surface area contributed by atoms with Crippen LogP contribution >= 0.6 is 46.4 Å². The van der Waals surface area contributed by atoms with Gasteiger partial charge in [0.2, 0.25) is 0 Å². The minimum atomic E-state index is -0.174. The number of phenols is 2. The summed E-state index contributed by atoms with van der Waals surface area (Å²) in [5, 5.41) is 20.7. The molecule has 0 bridgehead atoms. The molecule has 0 aliphatic rings. The summed E-state index contributed by atoms with van der Waals surface area (Å²) in [5.41, 5.74) is 0.417. The highest BCUT2D eigenvalue weighted by Crippen LogP contribution is 2.46. The SMILES string of the molecule is Oc1cc(Cl)cc(Cl)c1-c1c(O)cc(Cl)cc1Cl. The highest BCUT2D eigenvalue weighted by Gasteiger charge is 2.18. The van der Waals surface area contributed by atoms with E-state index in [2.05, 4.69) is 0 Å². The highest BCUT2D eigenvalue weighted by atomic mass is 35.5. The van der Waals surface area contributed by atoms with E-state index in [1.54, 1.807) is 0 Å². The minimum Gasteiger partial charge on any atom is -0.507 e. The third-order valence-corrected chi connectivity index (χ3v) is 3.35. The van der Waals surface area contributed by atoms with Gasteiger partial charge in [0.15, 0.2) is 0 Å². The second-order valence-corrected chi connectivity index (χ2v) is 5.25. The van der Waals surface area contributed by atoms with Gasteiger partial charge in [-0.25, -0.2) is 0 Å². The van der Waals surface area contributed by atoms with Crippen molar-refractivity contribution in [1.29, 1.82) is 0 Å². The number of aromatic hydroxyl groups is 2. The van der Waals surface area contributed by atoms with Gasteiger partial charge < -0.3 is 10.2 Å². The van der Waals surface area contributed by atoms with Crippen molar-refractivity contribution >= 4 is 46.4 Å². The van der Waals surface area contributed by atoms with Crippen molar-refractivity contribution in [3.05, 3.63) is 44.4 Å². The lowest BCUT2D eigenvalue weighted by molar-refractivity contribution is 0.469. The van der Waals surface area contributed by atoms with E-state index >= 15 is 0 Å². The molecule has 2 nitrogen and oxygen atoms in total. The molecule has 6 heteroatoms. The van der Waals surface area contributed by atoms with E-state index < -0.39 is 0 Å². The maximum atomic E-state index is 9.87. The van der Waals surface area contributed by atoms with Crippen LogP contribution in [-0.2, 0) is 0 Å². The molecule has 2 aromatic carbocycles. The molecule has 94 valence electrons. The zero-order valence-electron chi connectivity index (χ0n) is 8.72. The van der Waals surface area contributed by atoms with Crippen molar-refractivity contribution in [1.82, 2.24) is 0 Å². The molecule has 2 N–H and O–H groups in total. The van der Waals surface area contributed by atoms with Crippen LogP contribution in [0.5, 0.6) is 11.5 Å². The third-order valence-electron chi connectivity index (χ3n) is 2.32. The fraction of sp³-hybridized carbons (Fsp3) is 0. The van der Waals surface area contributed by atoms with Crippen LogP contribution in [-0.4, -0.2) is 10.2 Å². The number of halogens is 4. The Morgan fingerprint density at radius 1 is 0.611 bits per heavy atom. The Balaban J connectivity index is 2.78. The lowest BCUT2D eigenvalue weighted by atomic mass is 10.0. The van der Waals surface area contributed by atoms with E-state index in [1.165, 1.54) is 24.3 Å². The molecule has 2 rings (SSSR count). The maximum Gasteiger partial charge on any atom is 0.126 e. The van der Waals surface area contributed by atoms with Gasteiger partial charge in [-0.1, -0.05) is 46.4 Å². The predicted molar refractivity (Wildman–Crippen MR) is 75.2 cm³/mol. The van der Waals surface area contributed by atoms with Crippen molar-refractivity contribution in [2.24, 2.45) is 0 Å². The van der Waals surface area contributed by atoms with Crippen LogP contribution in [0.25, 0.3) is 11.1 Å². The molecule has 2 aromatic rings. The van der Waals surface area contributed by atoms with Gasteiger partial charge in [-0.2, -0.15) is 0 Å². The fourth-order valence-corrected chi connectivity index (χ4v) is 2.77. The second kappa shape index (κ2) is 5.06. The van der Waals surface area contributed by atoms with Gasteiger partial charge in [0.1, 0.15) is 11.5 Å². The first-order valence-electron chi connectivity index (χ1n) is 4.76. The first-order chi connectivity index (χ1) is 8.40. The topological polar surface area (TPSA) is 40.5 Å². The van der Waals surface area contributed by atoms with Crippen molar-refractivity contribution in [3.8, 4) is 22.6 Å². The van der Waals surface area contributed by atoms with Gasteiger partial charge in [-0.15, -0.1) is 0 Å². The molecule has 0 heterocycles. The summed E-state index contributed by atoms with van der Waals surface area (Å²) in [7, 11) is 0. The highest BCUT2D eigenvalue weighted by molar-refractivity contribution is 6.40. The number of hydrogen-bond acceptors (Lipinski definition) is 2. The lowest BCUT2D eigenvalue weighted by Gasteiger charge is -2.12. The Kier molecular flexibility index (Phi) is 3.83. The summed E-state index contributed by atoms with van der Waals surface area (Å²) >= 11 is 23.5. The number of rotatable bonds is 1. The molecular formula is C12H6Cl4O2. The Labute approximate surface area is 123 Å². The molecule has 0 amide bonds. The normalized spacial score (nSPS) is 10.7. The van der Waals surface area contributed by atoms with Gasteiger partial charge in [0.05, 0.1) is 10.0 Å². The molecule has 0 saturated carbocycles. The van der Waals surface area contributed by atoms with Gasteiger partial charge in [0.25, 0.3) is 0 Å². The molecule has 0 aliphatic heterocycles. The van der Waals surface area contributed by atoms with Gasteiger partial charge >= 0.3 is 0 Å². The average Bonchev–Trinajstić information content (AvgIpc) is 2.20. The van der Waals surface area contributed by atoms with E-state index in [0.29, 0.717) is 0 Å². The van der Waals surface area contributed by atoms with E-state index in [4.69, 9.17) is 46.4 Å². The summed E-state index contributed by atoms with van der Waals surface area (Å²) in [6.45, 7) is 0. The Bertz CT molecular complexity index is 524. The van der Waals surface area contributed by atoms with Crippen LogP contribution in [0.15, 0.2) is 24.3 Å². The number of benzene rings is 2. The second-order valence-electron chi connectivity index (χ2n) is 3.56. The summed E-state index contributed by atoms with van der Waals surface area (Å²) < 4.78 is 0. The molecule has 0 atom stereocenters. The van der Waals surface area contributed by atoms with E-state index in [1.807, 2.05) is 0 Å². The fourth-order valence-electron chi connectivity index (χ4n) is 1.62. The summed E-state index contributed by atoms with van der Waals surface area (Å²) in [6.07, 6.45) is 0. The zero-order valence-corrected chi connectivity index (χ0v) is 11.7. The maximum absolute atomic E-state index is 9.87. The van der Waals surface area contributed by atoms with E-state index in [9.17, 15) is 10.2 Å². The first-order valence-corrected chi connectivity index (χ1v) is 6.27. The zero-order chi connectivity index (χ0) is 13.4. The molecule has 0 fully saturated rings. The third kappa shape index (κ3) is 2.47. The van der Waals surface area contributed by atoms with E-state index in [0.717, 1.165) is 0 Å². The lowest BCUT2D eigenvalue weighted by Crippen LogP contribution is -1.85. The number of phenolic OH excluding ortho intramolecular Hbond substituents is 2. The molecule has 0 unspecified atom stereocenters. The Morgan fingerprint density at radius 3 is 1.22 bits per heavy atom. The summed E-state index contributed by atoms with van der Waals surface area (Å²) in [4.78, 5) is 0. The van der Waals surface area contributed by atoms with Crippen LogP contribution in [0.1, 0.15) is 0 Å². The van der Waals surface area contributed by atoms with Crippen molar-refractivity contribution in [2.75, 3.05) is 0 Å². The summed E-state index contributed by atoms with van der Waals surface area (Å²) in [6, 6.07) is 5.52. The predicted octanol–water partition coefficient (Wildman–Crippen LogP) is 5.38. The molecule has 0 spiro atoms. The van der Waals surface area contributed by atoms with Crippen molar-refractivity contribution < 1.29 is 10.2 Å². The summed E-state index contributed by atoms with van der Waals surface area (Å²) in [5.74, 6) is -0.348. The largest absolute Gasteiger partial charge is 0.507 e. The molecule has 0 aromatic heterocycles. The Morgan fingerprint density at radius 2 is 0.944 bits per heavy atom. The monoisotopic (exact) mass is 322 g/mol. The van der Waals surface area contributed by atoms with Gasteiger partial charge in [-0.05, 0) is 24.3 Å². The molecular weight excluding hydrogens is 318 g/mol. The minimum absolute atomic E-state index is 0.174. The standard InChI is InChI=1S/C12H6Cl4O2/c13-5-1-7(15)11(9(17)3-5)12-8(16)2-6(14)4-10(12)18/h1-4,17-18H. The van der Waals surface area contributed by atoms with Crippen LogP contribution in [0, 0.1) is 0 Å². The van der Waals surface area contributed by atoms with E-state index in [-0.39, 0.29) is 42.7 Å². The van der Waals surface area contributed by atoms with Crippen molar-refractivity contribution in [3.63, 3.8) is 0 Å². The smallest absolute Gasteiger partial charge is 0.126 e. The van der Waals surface area contributed by atoms with Gasteiger partial charge in [0, 0.05) is 21.2 Å². The number of hydrogen-bond donors (Lipinski definition) is 2. The quantitative estimate of drug-likeness (QED) is 0.739. The van der Waals surface area contributed by atoms with Crippen LogP contribution in [0.4, 0.5) is 0 Å². The van der Waals surface area contributed by atoms with Crippen LogP contribution < -0.4 is 0 Å². The van der Waals surface area contributed by atoms with Gasteiger partial charge in [-0.3, -0.25) is 0 Å². The average molecular weight is 324 g/mol. The molecule has 0 radical (unpaired) electrons. The molecule has 18 heavy (non-hydrogen) atoms. The molecule has 0 saturated heterocycles. The Hall–Kier alpha value is -0.800.